The lowest BCUT2D eigenvalue weighted by atomic mass is 10.1. The molecule has 1 rings (SSSR count). The molecule has 118 valence electrons. The SMILES string of the molecule is O=C(Nc1ccc(Br)c(Br)c1)C(F)(F)C(F)(F)C(F)(F)F. The van der Waals surface area contributed by atoms with E-state index in [9.17, 15) is 35.5 Å². The van der Waals surface area contributed by atoms with Gasteiger partial charge in [-0.25, -0.2) is 0 Å². The van der Waals surface area contributed by atoms with E-state index in [4.69, 9.17) is 0 Å². The molecule has 0 radical (unpaired) electrons. The van der Waals surface area contributed by atoms with Crippen LogP contribution in [-0.2, 0) is 4.79 Å². The number of halogens is 9. The van der Waals surface area contributed by atoms with Gasteiger partial charge in [-0.1, -0.05) is 0 Å². The van der Waals surface area contributed by atoms with E-state index < -0.39 is 23.9 Å². The van der Waals surface area contributed by atoms with E-state index >= 15 is 0 Å². The van der Waals surface area contributed by atoms with Crippen molar-refractivity contribution in [3.63, 3.8) is 0 Å². The summed E-state index contributed by atoms with van der Waals surface area (Å²) in [5, 5.41) is 1.31. The second-order valence-electron chi connectivity index (χ2n) is 3.73. The molecule has 1 aromatic rings. The first-order chi connectivity index (χ1) is 9.30. The summed E-state index contributed by atoms with van der Waals surface area (Å²) < 4.78 is 87.9. The Morgan fingerprint density at radius 3 is 1.90 bits per heavy atom. The van der Waals surface area contributed by atoms with Gasteiger partial charge < -0.3 is 5.32 Å². The largest absolute Gasteiger partial charge is 0.460 e. The summed E-state index contributed by atoms with van der Waals surface area (Å²) >= 11 is 5.96. The van der Waals surface area contributed by atoms with Gasteiger partial charge in [0.25, 0.3) is 0 Å². The van der Waals surface area contributed by atoms with Crippen LogP contribution < -0.4 is 5.32 Å². The second-order valence-corrected chi connectivity index (χ2v) is 5.44. The van der Waals surface area contributed by atoms with E-state index in [2.05, 4.69) is 31.9 Å². The summed E-state index contributed by atoms with van der Waals surface area (Å²) in [7, 11) is 0. The van der Waals surface area contributed by atoms with Gasteiger partial charge in [0.15, 0.2) is 0 Å². The molecule has 1 aromatic carbocycles. The molecule has 0 saturated carbocycles. The molecule has 11 heteroatoms. The minimum absolute atomic E-state index is 0.270. The number of benzene rings is 1. The number of hydrogen-bond donors (Lipinski definition) is 1. The van der Waals surface area contributed by atoms with Crippen molar-refractivity contribution in [1.29, 1.82) is 0 Å². The van der Waals surface area contributed by atoms with Crippen LogP contribution in [-0.4, -0.2) is 23.9 Å². The number of nitrogens with one attached hydrogen (secondary N) is 1. The summed E-state index contributed by atoms with van der Waals surface area (Å²) in [5.41, 5.74) is -0.382. The first-order valence-corrected chi connectivity index (χ1v) is 6.48. The smallest absolute Gasteiger partial charge is 0.321 e. The van der Waals surface area contributed by atoms with E-state index in [1.54, 1.807) is 0 Å². The van der Waals surface area contributed by atoms with Crippen LogP contribution in [0.3, 0.4) is 0 Å². The average molecular weight is 447 g/mol. The summed E-state index contributed by atoms with van der Waals surface area (Å²) in [4.78, 5) is 11.1. The van der Waals surface area contributed by atoms with E-state index in [-0.39, 0.29) is 10.2 Å². The highest BCUT2D eigenvalue weighted by Gasteiger charge is 2.76. The molecule has 0 aliphatic rings. The fourth-order valence-corrected chi connectivity index (χ4v) is 1.73. The summed E-state index contributed by atoms with van der Waals surface area (Å²) in [6, 6.07) is 3.35. The van der Waals surface area contributed by atoms with Gasteiger partial charge in [0.2, 0.25) is 0 Å². The molecule has 0 saturated heterocycles. The Kier molecular flexibility index (Phi) is 4.98. The van der Waals surface area contributed by atoms with Crippen LogP contribution in [0, 0.1) is 0 Å². The predicted octanol–water partition coefficient (Wildman–Crippen LogP) is 4.98. The van der Waals surface area contributed by atoms with Crippen LogP contribution in [0.1, 0.15) is 0 Å². The number of carbonyl (C=O) groups excluding carboxylic acids is 1. The molecule has 2 nitrogen and oxygen atoms in total. The first-order valence-electron chi connectivity index (χ1n) is 4.89. The quantitative estimate of drug-likeness (QED) is 0.652. The lowest BCUT2D eigenvalue weighted by Gasteiger charge is -2.27. The number of hydrogen-bond acceptors (Lipinski definition) is 1. The lowest BCUT2D eigenvalue weighted by molar-refractivity contribution is -0.343. The Hall–Kier alpha value is -0.840. The van der Waals surface area contributed by atoms with Gasteiger partial charge >= 0.3 is 23.9 Å². The molecule has 21 heavy (non-hydrogen) atoms. The standard InChI is InChI=1S/C10H4Br2F7NO/c11-5-2-1-4(3-6(5)12)20-7(21)8(13,14)9(15,16)10(17,18)19/h1-3H,(H,20,21). The van der Waals surface area contributed by atoms with Crippen LogP contribution >= 0.6 is 31.9 Å². The number of amides is 1. The minimum Gasteiger partial charge on any atom is -0.321 e. The molecule has 1 amide bonds. The van der Waals surface area contributed by atoms with Crippen LogP contribution in [0.4, 0.5) is 36.4 Å². The highest BCUT2D eigenvalue weighted by atomic mass is 79.9. The molecule has 1 N–H and O–H groups in total. The highest BCUT2D eigenvalue weighted by molar-refractivity contribution is 9.13. The summed E-state index contributed by atoms with van der Waals surface area (Å²) in [6.45, 7) is 0. The maximum Gasteiger partial charge on any atom is 0.460 e. The third kappa shape index (κ3) is 3.50. The van der Waals surface area contributed by atoms with Crippen LogP contribution in [0.25, 0.3) is 0 Å². The molecule has 0 fully saturated rings. The lowest BCUT2D eigenvalue weighted by Crippen LogP contribution is -2.57. The van der Waals surface area contributed by atoms with Crippen molar-refractivity contribution in [3.05, 3.63) is 27.1 Å². The van der Waals surface area contributed by atoms with E-state index in [1.807, 2.05) is 0 Å². The molecule has 0 atom stereocenters. The Morgan fingerprint density at radius 2 is 1.48 bits per heavy atom. The summed E-state index contributed by atoms with van der Waals surface area (Å²) in [5.74, 6) is -15.2. The van der Waals surface area contributed by atoms with Crippen LogP contribution in [0.5, 0.6) is 0 Å². The molecule has 0 bridgehead atoms. The third-order valence-corrected chi connectivity index (χ3v) is 4.09. The van der Waals surface area contributed by atoms with Crippen LogP contribution in [0.15, 0.2) is 27.1 Å². The number of rotatable bonds is 3. The van der Waals surface area contributed by atoms with Crippen molar-refractivity contribution in [2.75, 3.05) is 5.32 Å². The second kappa shape index (κ2) is 5.75. The Labute approximate surface area is 129 Å². The van der Waals surface area contributed by atoms with Crippen molar-refractivity contribution < 1.29 is 35.5 Å². The van der Waals surface area contributed by atoms with Crippen LogP contribution in [0.2, 0.25) is 0 Å². The Balaban J connectivity index is 3.04. The molecular weight excluding hydrogens is 443 g/mol. The van der Waals surface area contributed by atoms with Crippen molar-refractivity contribution in [2.24, 2.45) is 0 Å². The van der Waals surface area contributed by atoms with Gasteiger partial charge in [-0.2, -0.15) is 30.7 Å². The van der Waals surface area contributed by atoms with Gasteiger partial charge in [-0.15, -0.1) is 0 Å². The van der Waals surface area contributed by atoms with Gasteiger partial charge in [-0.3, -0.25) is 4.79 Å². The van der Waals surface area contributed by atoms with Crippen molar-refractivity contribution in [2.45, 2.75) is 18.0 Å². The Bertz CT molecular complexity index is 559. The van der Waals surface area contributed by atoms with Crippen molar-refractivity contribution >= 4 is 43.5 Å². The van der Waals surface area contributed by atoms with E-state index in [0.717, 1.165) is 12.1 Å². The van der Waals surface area contributed by atoms with Gasteiger partial charge in [0.05, 0.1) is 0 Å². The molecular formula is C10H4Br2F7NO. The average Bonchev–Trinajstić information content (AvgIpc) is 2.32. The van der Waals surface area contributed by atoms with E-state index in [0.29, 0.717) is 4.47 Å². The zero-order chi connectivity index (χ0) is 16.6. The van der Waals surface area contributed by atoms with Crippen molar-refractivity contribution in [3.8, 4) is 0 Å². The highest BCUT2D eigenvalue weighted by Crippen LogP contribution is 2.46. The fourth-order valence-electron chi connectivity index (χ4n) is 1.10. The number of carbonyl (C=O) groups is 1. The zero-order valence-corrected chi connectivity index (χ0v) is 12.7. The number of alkyl halides is 7. The zero-order valence-electron chi connectivity index (χ0n) is 9.54. The predicted molar refractivity (Wildman–Crippen MR) is 66.4 cm³/mol. The molecule has 0 heterocycles. The maximum absolute atomic E-state index is 13.1. The van der Waals surface area contributed by atoms with Gasteiger partial charge in [0, 0.05) is 14.6 Å². The molecule has 0 aliphatic carbocycles. The number of anilines is 1. The summed E-state index contributed by atoms with van der Waals surface area (Å²) in [6.07, 6.45) is -6.56. The molecule has 0 aliphatic heterocycles. The van der Waals surface area contributed by atoms with E-state index in [1.165, 1.54) is 11.4 Å². The van der Waals surface area contributed by atoms with Crippen molar-refractivity contribution in [1.82, 2.24) is 0 Å². The monoisotopic (exact) mass is 445 g/mol. The fraction of sp³-hybridized carbons (Fsp3) is 0.300. The van der Waals surface area contributed by atoms with Gasteiger partial charge in [-0.05, 0) is 50.1 Å². The van der Waals surface area contributed by atoms with Gasteiger partial charge in [0.1, 0.15) is 0 Å². The Morgan fingerprint density at radius 1 is 0.952 bits per heavy atom. The third-order valence-electron chi connectivity index (χ3n) is 2.21. The first kappa shape index (κ1) is 18.2. The topological polar surface area (TPSA) is 29.1 Å². The molecule has 0 unspecified atom stereocenters. The normalized spacial score (nSPS) is 13.2. The maximum atomic E-state index is 13.1. The molecule has 0 spiro atoms. The molecule has 0 aromatic heterocycles. The minimum atomic E-state index is -6.56.